The van der Waals surface area contributed by atoms with Crippen LogP contribution >= 0.6 is 0 Å². The Labute approximate surface area is 123 Å². The largest absolute Gasteiger partial charge is 0.397 e. The topological polar surface area (TPSA) is 68.0 Å². The fourth-order valence-electron chi connectivity index (χ4n) is 2.12. The van der Waals surface area contributed by atoms with Crippen LogP contribution < -0.4 is 11.1 Å². The van der Waals surface area contributed by atoms with Crippen molar-refractivity contribution in [2.75, 3.05) is 12.3 Å². The molecule has 0 aliphatic heterocycles. The Bertz CT molecular complexity index is 671. The third-order valence-corrected chi connectivity index (χ3v) is 3.34. The first kappa shape index (κ1) is 15.0. The minimum absolute atomic E-state index is 0.202. The number of pyridine rings is 1. The van der Waals surface area contributed by atoms with Gasteiger partial charge in [0.1, 0.15) is 5.82 Å². The summed E-state index contributed by atoms with van der Waals surface area (Å²) in [6, 6.07) is 6.27. The average molecular weight is 287 g/mol. The van der Waals surface area contributed by atoms with E-state index in [0.717, 1.165) is 11.1 Å². The van der Waals surface area contributed by atoms with Crippen LogP contribution in [0.4, 0.5) is 10.1 Å². The number of anilines is 1. The van der Waals surface area contributed by atoms with Gasteiger partial charge < -0.3 is 11.1 Å². The zero-order chi connectivity index (χ0) is 15.4. The molecule has 0 aliphatic carbocycles. The molecular formula is C16H18FN3O. The van der Waals surface area contributed by atoms with Gasteiger partial charge >= 0.3 is 0 Å². The van der Waals surface area contributed by atoms with E-state index in [-0.39, 0.29) is 11.7 Å². The Kier molecular flexibility index (Phi) is 4.52. The number of rotatable bonds is 4. The Morgan fingerprint density at radius 1 is 1.33 bits per heavy atom. The number of nitrogen functional groups attached to an aromatic ring is 1. The van der Waals surface area contributed by atoms with Crippen molar-refractivity contribution in [2.45, 2.75) is 20.3 Å². The highest BCUT2D eigenvalue weighted by Crippen LogP contribution is 2.11. The fraction of sp³-hybridized carbons (Fsp3) is 0.250. The zero-order valence-electron chi connectivity index (χ0n) is 12.1. The Morgan fingerprint density at radius 2 is 2.10 bits per heavy atom. The Morgan fingerprint density at radius 3 is 2.81 bits per heavy atom. The molecule has 21 heavy (non-hydrogen) atoms. The third kappa shape index (κ3) is 3.78. The molecule has 0 saturated carbocycles. The van der Waals surface area contributed by atoms with E-state index in [4.69, 9.17) is 5.73 Å². The quantitative estimate of drug-likeness (QED) is 0.907. The van der Waals surface area contributed by atoms with Crippen molar-refractivity contribution in [3.05, 3.63) is 58.7 Å². The van der Waals surface area contributed by atoms with Crippen LogP contribution in [-0.4, -0.2) is 17.4 Å². The lowest BCUT2D eigenvalue weighted by atomic mass is 10.1. The number of carbonyl (C=O) groups is 1. The monoisotopic (exact) mass is 287 g/mol. The van der Waals surface area contributed by atoms with E-state index in [1.54, 1.807) is 19.1 Å². The molecule has 110 valence electrons. The zero-order valence-corrected chi connectivity index (χ0v) is 12.1. The molecule has 0 fully saturated rings. The number of carbonyl (C=O) groups excluding carboxylic acids is 1. The van der Waals surface area contributed by atoms with E-state index in [2.05, 4.69) is 10.3 Å². The minimum Gasteiger partial charge on any atom is -0.397 e. The lowest BCUT2D eigenvalue weighted by molar-refractivity contribution is 0.0953. The first-order valence-corrected chi connectivity index (χ1v) is 6.72. The highest BCUT2D eigenvalue weighted by Gasteiger charge is 2.10. The predicted molar refractivity (Wildman–Crippen MR) is 80.6 cm³/mol. The van der Waals surface area contributed by atoms with Crippen LogP contribution in [0.25, 0.3) is 0 Å². The molecule has 1 aromatic carbocycles. The standard InChI is InChI=1S/C16H18FN3O/c1-10-7-13(17)4-3-12(10)5-6-19-16(21)15-8-14(18)9-20-11(15)2/h3-4,7-9H,5-6,18H2,1-2H3,(H,19,21). The number of aromatic nitrogens is 1. The van der Waals surface area contributed by atoms with E-state index in [9.17, 15) is 9.18 Å². The van der Waals surface area contributed by atoms with Gasteiger partial charge in [-0.15, -0.1) is 0 Å². The second-order valence-corrected chi connectivity index (χ2v) is 4.98. The molecule has 0 spiro atoms. The maximum Gasteiger partial charge on any atom is 0.253 e. The van der Waals surface area contributed by atoms with Gasteiger partial charge in [-0.05, 0) is 49.6 Å². The lowest BCUT2D eigenvalue weighted by Crippen LogP contribution is -2.27. The van der Waals surface area contributed by atoms with Gasteiger partial charge in [-0.2, -0.15) is 0 Å². The average Bonchev–Trinajstić information content (AvgIpc) is 2.43. The van der Waals surface area contributed by atoms with E-state index in [0.29, 0.717) is 29.9 Å². The van der Waals surface area contributed by atoms with E-state index in [1.807, 2.05) is 6.92 Å². The lowest BCUT2D eigenvalue weighted by Gasteiger charge is -2.09. The minimum atomic E-state index is -0.248. The first-order chi connectivity index (χ1) is 9.97. The normalized spacial score (nSPS) is 10.4. The molecule has 3 N–H and O–H groups in total. The molecule has 2 rings (SSSR count). The molecule has 0 saturated heterocycles. The highest BCUT2D eigenvalue weighted by atomic mass is 19.1. The summed E-state index contributed by atoms with van der Waals surface area (Å²) < 4.78 is 13.0. The molecule has 1 amide bonds. The summed E-state index contributed by atoms with van der Waals surface area (Å²) in [5, 5.41) is 2.83. The molecule has 0 bridgehead atoms. The van der Waals surface area contributed by atoms with E-state index in [1.165, 1.54) is 18.3 Å². The van der Waals surface area contributed by atoms with Crippen molar-refractivity contribution in [3.63, 3.8) is 0 Å². The van der Waals surface area contributed by atoms with Crippen LogP contribution in [0, 0.1) is 19.7 Å². The molecule has 4 nitrogen and oxygen atoms in total. The number of amides is 1. The van der Waals surface area contributed by atoms with Crippen molar-refractivity contribution in [2.24, 2.45) is 0 Å². The third-order valence-electron chi connectivity index (χ3n) is 3.34. The summed E-state index contributed by atoms with van der Waals surface area (Å²) in [6.07, 6.45) is 2.17. The van der Waals surface area contributed by atoms with Crippen LogP contribution in [0.3, 0.4) is 0 Å². The maximum atomic E-state index is 13.0. The summed E-state index contributed by atoms with van der Waals surface area (Å²) in [4.78, 5) is 16.1. The van der Waals surface area contributed by atoms with Gasteiger partial charge in [-0.3, -0.25) is 9.78 Å². The van der Waals surface area contributed by atoms with Crippen LogP contribution in [0.15, 0.2) is 30.5 Å². The van der Waals surface area contributed by atoms with Crippen LogP contribution in [-0.2, 0) is 6.42 Å². The number of halogens is 1. The van der Waals surface area contributed by atoms with Gasteiger partial charge in [0.15, 0.2) is 0 Å². The van der Waals surface area contributed by atoms with Gasteiger partial charge in [0, 0.05) is 6.54 Å². The summed E-state index contributed by atoms with van der Waals surface area (Å²) in [5.41, 5.74) is 9.11. The molecule has 5 heteroatoms. The molecule has 2 aromatic rings. The van der Waals surface area contributed by atoms with Gasteiger partial charge in [-0.1, -0.05) is 6.07 Å². The van der Waals surface area contributed by atoms with Gasteiger partial charge in [0.05, 0.1) is 23.1 Å². The highest BCUT2D eigenvalue weighted by molar-refractivity contribution is 5.95. The number of nitrogens with two attached hydrogens (primary N) is 1. The summed E-state index contributed by atoms with van der Waals surface area (Å²) >= 11 is 0. The summed E-state index contributed by atoms with van der Waals surface area (Å²) in [7, 11) is 0. The number of aryl methyl sites for hydroxylation is 2. The number of hydrogen-bond donors (Lipinski definition) is 2. The summed E-state index contributed by atoms with van der Waals surface area (Å²) in [5.74, 6) is -0.450. The van der Waals surface area contributed by atoms with Crippen LogP contribution in [0.2, 0.25) is 0 Å². The van der Waals surface area contributed by atoms with Gasteiger partial charge in [0.2, 0.25) is 0 Å². The van der Waals surface area contributed by atoms with Crippen molar-refractivity contribution >= 4 is 11.6 Å². The van der Waals surface area contributed by atoms with Crippen LogP contribution in [0.1, 0.15) is 27.2 Å². The first-order valence-electron chi connectivity index (χ1n) is 6.72. The maximum absolute atomic E-state index is 13.0. The van der Waals surface area contributed by atoms with E-state index >= 15 is 0 Å². The molecule has 0 aliphatic rings. The van der Waals surface area contributed by atoms with Crippen molar-refractivity contribution in [1.29, 1.82) is 0 Å². The second-order valence-electron chi connectivity index (χ2n) is 4.98. The summed E-state index contributed by atoms with van der Waals surface area (Å²) in [6.45, 7) is 4.09. The predicted octanol–water partition coefficient (Wildman–Crippen LogP) is 2.39. The number of nitrogens with zero attached hydrogens (tertiary/aromatic N) is 1. The Hall–Kier alpha value is -2.43. The molecule has 1 heterocycles. The second kappa shape index (κ2) is 6.35. The molecule has 0 radical (unpaired) electrons. The van der Waals surface area contributed by atoms with Crippen molar-refractivity contribution in [1.82, 2.24) is 10.3 Å². The molecule has 1 aromatic heterocycles. The fourth-order valence-corrected chi connectivity index (χ4v) is 2.12. The van der Waals surface area contributed by atoms with Gasteiger partial charge in [-0.25, -0.2) is 4.39 Å². The number of nitrogens with one attached hydrogen (secondary N) is 1. The Balaban J connectivity index is 1.97. The smallest absolute Gasteiger partial charge is 0.253 e. The van der Waals surface area contributed by atoms with Gasteiger partial charge in [0.25, 0.3) is 5.91 Å². The molecule has 0 atom stereocenters. The van der Waals surface area contributed by atoms with Crippen LogP contribution in [0.5, 0.6) is 0 Å². The number of hydrogen-bond acceptors (Lipinski definition) is 3. The van der Waals surface area contributed by atoms with Crippen molar-refractivity contribution < 1.29 is 9.18 Å². The number of benzene rings is 1. The van der Waals surface area contributed by atoms with E-state index < -0.39 is 0 Å². The molecular weight excluding hydrogens is 269 g/mol. The molecule has 0 unspecified atom stereocenters. The van der Waals surface area contributed by atoms with Crippen molar-refractivity contribution in [3.8, 4) is 0 Å². The SMILES string of the molecule is Cc1cc(F)ccc1CCNC(=O)c1cc(N)cnc1C.